The van der Waals surface area contributed by atoms with Crippen molar-refractivity contribution < 1.29 is 14.5 Å². The number of ether oxygens (including phenoxy) is 1. The van der Waals surface area contributed by atoms with Crippen molar-refractivity contribution >= 4 is 17.7 Å². The van der Waals surface area contributed by atoms with Crippen LogP contribution in [0, 0.1) is 10.1 Å². The van der Waals surface area contributed by atoms with E-state index in [0.29, 0.717) is 18.7 Å². The number of carbonyl (C=O) groups is 1. The molecule has 6 nitrogen and oxygen atoms in total. The maximum Gasteiger partial charge on any atom is 0.269 e. The van der Waals surface area contributed by atoms with Gasteiger partial charge in [0.15, 0.2) is 0 Å². The summed E-state index contributed by atoms with van der Waals surface area (Å²) in [5.74, 6) is 0.503. The first kappa shape index (κ1) is 16.2. The Morgan fingerprint density at radius 1 is 1.13 bits per heavy atom. The smallest absolute Gasteiger partial charge is 0.269 e. The van der Waals surface area contributed by atoms with Gasteiger partial charge in [-0.25, -0.2) is 0 Å². The molecular formula is C17H16N2O4. The molecular weight excluding hydrogens is 296 g/mol. The molecule has 0 unspecified atom stereocenters. The van der Waals surface area contributed by atoms with E-state index < -0.39 is 4.92 Å². The molecule has 0 saturated carbocycles. The lowest BCUT2D eigenvalue weighted by molar-refractivity contribution is -0.384. The Kier molecular flexibility index (Phi) is 5.88. The summed E-state index contributed by atoms with van der Waals surface area (Å²) in [6.45, 7) is 0.763. The van der Waals surface area contributed by atoms with Crippen LogP contribution in [-0.2, 0) is 4.79 Å². The number of nitro benzene ring substituents is 1. The third-order valence-corrected chi connectivity index (χ3v) is 2.94. The van der Waals surface area contributed by atoms with E-state index in [1.807, 2.05) is 30.3 Å². The Hall–Kier alpha value is -3.15. The van der Waals surface area contributed by atoms with Crippen LogP contribution in [0.1, 0.15) is 5.56 Å². The number of hydrogen-bond donors (Lipinski definition) is 1. The van der Waals surface area contributed by atoms with Gasteiger partial charge in [-0.05, 0) is 35.9 Å². The van der Waals surface area contributed by atoms with Gasteiger partial charge in [-0.15, -0.1) is 0 Å². The number of carbonyl (C=O) groups excluding carboxylic acids is 1. The molecule has 2 rings (SSSR count). The van der Waals surface area contributed by atoms with Gasteiger partial charge >= 0.3 is 0 Å². The molecule has 0 heterocycles. The van der Waals surface area contributed by atoms with Gasteiger partial charge in [-0.1, -0.05) is 18.2 Å². The topological polar surface area (TPSA) is 81.5 Å². The van der Waals surface area contributed by atoms with E-state index in [1.165, 1.54) is 18.2 Å². The third-order valence-electron chi connectivity index (χ3n) is 2.94. The monoisotopic (exact) mass is 312 g/mol. The number of benzene rings is 2. The van der Waals surface area contributed by atoms with Crippen LogP contribution in [0.25, 0.3) is 6.08 Å². The molecule has 0 aliphatic rings. The zero-order valence-electron chi connectivity index (χ0n) is 12.3. The van der Waals surface area contributed by atoms with Crippen LogP contribution < -0.4 is 10.1 Å². The molecule has 6 heteroatoms. The number of hydrogen-bond acceptors (Lipinski definition) is 4. The molecule has 0 fully saturated rings. The molecule has 0 radical (unpaired) electrons. The fourth-order valence-electron chi connectivity index (χ4n) is 1.80. The lowest BCUT2D eigenvalue weighted by atomic mass is 10.2. The minimum absolute atomic E-state index is 0.0182. The SMILES string of the molecule is O=C(/C=C/c1ccc([N+](=O)[O-])cc1)NCCOc1ccccc1. The van der Waals surface area contributed by atoms with Crippen LogP contribution in [0.5, 0.6) is 5.75 Å². The number of amides is 1. The van der Waals surface area contributed by atoms with Crippen molar-refractivity contribution in [1.82, 2.24) is 5.32 Å². The van der Waals surface area contributed by atoms with Gasteiger partial charge in [0.1, 0.15) is 12.4 Å². The first-order chi connectivity index (χ1) is 11.1. The van der Waals surface area contributed by atoms with E-state index in [4.69, 9.17) is 4.74 Å². The molecule has 1 N–H and O–H groups in total. The van der Waals surface area contributed by atoms with E-state index in [9.17, 15) is 14.9 Å². The van der Waals surface area contributed by atoms with Gasteiger partial charge in [0.25, 0.3) is 5.69 Å². The molecule has 0 spiro atoms. The maximum atomic E-state index is 11.6. The second kappa shape index (κ2) is 8.33. The Balaban J connectivity index is 1.72. The minimum Gasteiger partial charge on any atom is -0.492 e. The predicted molar refractivity (Wildman–Crippen MR) is 87.1 cm³/mol. The molecule has 0 aliphatic heterocycles. The number of nitrogens with one attached hydrogen (secondary N) is 1. The average molecular weight is 312 g/mol. The second-order valence-corrected chi connectivity index (χ2v) is 4.63. The zero-order valence-corrected chi connectivity index (χ0v) is 12.3. The Labute approximate surface area is 133 Å². The summed E-state index contributed by atoms with van der Waals surface area (Å²) in [6, 6.07) is 15.3. The van der Waals surface area contributed by atoms with Crippen LogP contribution in [0.2, 0.25) is 0 Å². The summed E-state index contributed by atoms with van der Waals surface area (Å²) in [7, 11) is 0. The lowest BCUT2D eigenvalue weighted by Crippen LogP contribution is -2.26. The van der Waals surface area contributed by atoms with Gasteiger partial charge in [0.2, 0.25) is 5.91 Å². The van der Waals surface area contributed by atoms with Gasteiger partial charge < -0.3 is 10.1 Å². The molecule has 1 amide bonds. The Morgan fingerprint density at radius 3 is 2.48 bits per heavy atom. The summed E-state index contributed by atoms with van der Waals surface area (Å²) < 4.78 is 5.45. The van der Waals surface area contributed by atoms with Gasteiger partial charge in [0.05, 0.1) is 11.5 Å². The molecule has 0 saturated heterocycles. The van der Waals surface area contributed by atoms with E-state index in [1.54, 1.807) is 18.2 Å². The minimum atomic E-state index is -0.465. The highest BCUT2D eigenvalue weighted by Crippen LogP contribution is 2.12. The van der Waals surface area contributed by atoms with E-state index in [2.05, 4.69) is 5.32 Å². The van der Waals surface area contributed by atoms with Crippen molar-refractivity contribution in [2.45, 2.75) is 0 Å². The van der Waals surface area contributed by atoms with Crippen molar-refractivity contribution in [3.8, 4) is 5.75 Å². The standard InChI is InChI=1S/C17H16N2O4/c20-17(18-12-13-23-16-4-2-1-3-5-16)11-8-14-6-9-15(10-7-14)19(21)22/h1-11H,12-13H2,(H,18,20)/b11-8+. The van der Waals surface area contributed by atoms with Crippen molar-refractivity contribution in [3.05, 3.63) is 76.4 Å². The summed E-state index contributed by atoms with van der Waals surface area (Å²) in [5.41, 5.74) is 0.732. The van der Waals surface area contributed by atoms with E-state index in [-0.39, 0.29) is 11.6 Å². The van der Waals surface area contributed by atoms with Gasteiger partial charge in [0, 0.05) is 18.2 Å². The highest BCUT2D eigenvalue weighted by atomic mass is 16.6. The second-order valence-electron chi connectivity index (χ2n) is 4.63. The fourth-order valence-corrected chi connectivity index (χ4v) is 1.80. The van der Waals surface area contributed by atoms with E-state index >= 15 is 0 Å². The maximum absolute atomic E-state index is 11.6. The average Bonchev–Trinajstić information content (AvgIpc) is 2.58. The molecule has 0 aromatic heterocycles. The molecule has 0 atom stereocenters. The van der Waals surface area contributed by atoms with E-state index in [0.717, 1.165) is 5.75 Å². The van der Waals surface area contributed by atoms with Crippen molar-refractivity contribution in [3.63, 3.8) is 0 Å². The van der Waals surface area contributed by atoms with Crippen molar-refractivity contribution in [1.29, 1.82) is 0 Å². The highest BCUT2D eigenvalue weighted by Gasteiger charge is 2.02. The van der Waals surface area contributed by atoms with Crippen molar-refractivity contribution in [2.24, 2.45) is 0 Å². The van der Waals surface area contributed by atoms with Crippen molar-refractivity contribution in [2.75, 3.05) is 13.2 Å². The number of non-ortho nitro benzene ring substituents is 1. The van der Waals surface area contributed by atoms with Gasteiger partial charge in [-0.3, -0.25) is 14.9 Å². The third kappa shape index (κ3) is 5.62. The predicted octanol–water partition coefficient (Wildman–Crippen LogP) is 2.80. The first-order valence-electron chi connectivity index (χ1n) is 7.03. The highest BCUT2D eigenvalue weighted by molar-refractivity contribution is 5.91. The number of nitrogens with zero attached hydrogens (tertiary/aromatic N) is 1. The molecule has 2 aromatic rings. The molecule has 23 heavy (non-hydrogen) atoms. The summed E-state index contributed by atoms with van der Waals surface area (Å²) in [6.07, 6.45) is 2.97. The fraction of sp³-hybridized carbons (Fsp3) is 0.118. The lowest BCUT2D eigenvalue weighted by Gasteiger charge is -2.05. The quantitative estimate of drug-likeness (QED) is 0.369. The van der Waals surface area contributed by atoms with Crippen LogP contribution in [0.3, 0.4) is 0 Å². The normalized spacial score (nSPS) is 10.4. The molecule has 0 aliphatic carbocycles. The number of rotatable bonds is 7. The summed E-state index contributed by atoms with van der Waals surface area (Å²) in [4.78, 5) is 21.7. The largest absolute Gasteiger partial charge is 0.492 e. The Morgan fingerprint density at radius 2 is 1.83 bits per heavy atom. The molecule has 0 bridgehead atoms. The van der Waals surface area contributed by atoms with Crippen LogP contribution >= 0.6 is 0 Å². The molecule has 118 valence electrons. The first-order valence-corrected chi connectivity index (χ1v) is 7.03. The Bertz CT molecular complexity index is 681. The summed E-state index contributed by atoms with van der Waals surface area (Å²) >= 11 is 0. The van der Waals surface area contributed by atoms with Crippen LogP contribution in [0.15, 0.2) is 60.7 Å². The summed E-state index contributed by atoms with van der Waals surface area (Å²) in [5, 5.41) is 13.2. The molecule has 2 aromatic carbocycles. The van der Waals surface area contributed by atoms with Crippen LogP contribution in [-0.4, -0.2) is 24.0 Å². The van der Waals surface area contributed by atoms with Gasteiger partial charge in [-0.2, -0.15) is 0 Å². The van der Waals surface area contributed by atoms with Crippen LogP contribution in [0.4, 0.5) is 5.69 Å². The number of nitro groups is 1. The number of para-hydroxylation sites is 1. The zero-order chi connectivity index (χ0) is 16.5.